The third kappa shape index (κ3) is 5.64. The number of nitrogens with two attached hydrogens (primary N) is 1. The first-order valence-corrected chi connectivity index (χ1v) is 12.0. The minimum atomic E-state index is 0.288. The molecular formula is C22H25N7OS2. The summed E-state index contributed by atoms with van der Waals surface area (Å²) >= 11 is 2.93. The second kappa shape index (κ2) is 10.6. The zero-order valence-corrected chi connectivity index (χ0v) is 19.6. The van der Waals surface area contributed by atoms with Crippen molar-refractivity contribution in [3.05, 3.63) is 60.2 Å². The minimum absolute atomic E-state index is 0.288. The average Bonchev–Trinajstić information content (AvgIpc) is 3.43. The summed E-state index contributed by atoms with van der Waals surface area (Å²) in [6.07, 6.45) is 0.946. The number of aromatic nitrogens is 5. The van der Waals surface area contributed by atoms with Gasteiger partial charge in [0.05, 0.1) is 12.2 Å². The van der Waals surface area contributed by atoms with Crippen LogP contribution in [-0.2, 0) is 5.75 Å². The fraction of sp³-hybridized carbons (Fsp3) is 0.273. The van der Waals surface area contributed by atoms with Crippen LogP contribution in [0.4, 0.5) is 5.95 Å². The number of ether oxygens (including phenoxy) is 1. The monoisotopic (exact) mass is 467 g/mol. The minimum Gasteiger partial charge on any atom is -0.493 e. The van der Waals surface area contributed by atoms with Crippen LogP contribution in [0.1, 0.15) is 12.0 Å². The molecule has 2 N–H and O–H groups in total. The normalized spacial score (nSPS) is 11.2. The molecule has 32 heavy (non-hydrogen) atoms. The van der Waals surface area contributed by atoms with E-state index in [1.54, 1.807) is 0 Å². The summed E-state index contributed by atoms with van der Waals surface area (Å²) in [5, 5.41) is 15.1. The molecule has 0 aliphatic heterocycles. The fourth-order valence-electron chi connectivity index (χ4n) is 2.97. The lowest BCUT2D eigenvalue weighted by atomic mass is 10.2. The number of anilines is 1. The third-order valence-electron chi connectivity index (χ3n) is 4.54. The number of nitrogen functional groups attached to an aromatic ring is 1. The highest BCUT2D eigenvalue weighted by atomic mass is 32.2. The number of benzene rings is 2. The molecule has 0 aliphatic carbocycles. The maximum Gasteiger partial charge on any atom is 0.236 e. The summed E-state index contributed by atoms with van der Waals surface area (Å²) in [6.45, 7) is 1.61. The van der Waals surface area contributed by atoms with Gasteiger partial charge < -0.3 is 15.4 Å². The molecule has 0 saturated carbocycles. The maximum absolute atomic E-state index is 6.11. The van der Waals surface area contributed by atoms with E-state index in [1.165, 1.54) is 33.3 Å². The van der Waals surface area contributed by atoms with Gasteiger partial charge in [-0.25, -0.2) is 0 Å². The van der Waals surface area contributed by atoms with E-state index < -0.39 is 0 Å². The van der Waals surface area contributed by atoms with Gasteiger partial charge in [-0.2, -0.15) is 9.67 Å². The molecule has 2 heterocycles. The Bertz CT molecular complexity index is 1140. The van der Waals surface area contributed by atoms with Crippen LogP contribution in [0.5, 0.6) is 5.75 Å². The van der Waals surface area contributed by atoms with Crippen molar-refractivity contribution >= 4 is 29.0 Å². The topological polar surface area (TPSA) is 95.0 Å². The van der Waals surface area contributed by atoms with Crippen molar-refractivity contribution in [1.82, 2.24) is 29.9 Å². The molecular weight excluding hydrogens is 442 g/mol. The Morgan fingerprint density at radius 1 is 1.06 bits per heavy atom. The van der Waals surface area contributed by atoms with E-state index in [2.05, 4.69) is 51.4 Å². The van der Waals surface area contributed by atoms with E-state index in [0.29, 0.717) is 16.9 Å². The first-order chi connectivity index (χ1) is 15.6. The zero-order valence-electron chi connectivity index (χ0n) is 18.0. The van der Waals surface area contributed by atoms with Gasteiger partial charge in [0.25, 0.3) is 0 Å². The van der Waals surface area contributed by atoms with Crippen LogP contribution in [0.2, 0.25) is 0 Å². The van der Waals surface area contributed by atoms with E-state index in [-0.39, 0.29) is 5.95 Å². The van der Waals surface area contributed by atoms with Crippen LogP contribution in [0.15, 0.2) is 59.8 Å². The van der Waals surface area contributed by atoms with Crippen LogP contribution < -0.4 is 10.5 Å². The molecule has 8 nitrogen and oxygen atoms in total. The van der Waals surface area contributed by atoms with E-state index in [1.807, 2.05) is 42.5 Å². The summed E-state index contributed by atoms with van der Waals surface area (Å²) in [4.78, 5) is 6.51. The predicted molar refractivity (Wildman–Crippen MR) is 129 cm³/mol. The van der Waals surface area contributed by atoms with Gasteiger partial charge >= 0.3 is 0 Å². The molecule has 0 spiro atoms. The molecule has 0 atom stereocenters. The van der Waals surface area contributed by atoms with Crippen LogP contribution in [0, 0.1) is 0 Å². The molecule has 166 valence electrons. The van der Waals surface area contributed by atoms with Crippen LogP contribution in [-0.4, -0.2) is 57.1 Å². The van der Waals surface area contributed by atoms with Gasteiger partial charge in [0, 0.05) is 12.3 Å². The number of thioether (sulfide) groups is 1. The fourth-order valence-corrected chi connectivity index (χ4v) is 4.59. The Morgan fingerprint density at radius 3 is 2.66 bits per heavy atom. The number of nitrogens with zero attached hydrogens (tertiary/aromatic N) is 6. The lowest BCUT2D eigenvalue weighted by Gasteiger charge is -2.12. The Kier molecular flexibility index (Phi) is 7.35. The van der Waals surface area contributed by atoms with Crippen molar-refractivity contribution < 1.29 is 4.74 Å². The third-order valence-corrected chi connectivity index (χ3v) is 6.38. The van der Waals surface area contributed by atoms with Crippen LogP contribution >= 0.6 is 23.1 Å². The highest BCUT2D eigenvalue weighted by molar-refractivity contribution is 7.98. The Balaban J connectivity index is 1.47. The molecule has 10 heteroatoms. The summed E-state index contributed by atoms with van der Waals surface area (Å²) in [6, 6.07) is 18.0. The lowest BCUT2D eigenvalue weighted by Crippen LogP contribution is -2.15. The maximum atomic E-state index is 6.11. The smallest absolute Gasteiger partial charge is 0.236 e. The van der Waals surface area contributed by atoms with E-state index >= 15 is 0 Å². The number of rotatable bonds is 10. The van der Waals surface area contributed by atoms with Gasteiger partial charge in [-0.1, -0.05) is 65.6 Å². The number of hydrogen-bond acceptors (Lipinski definition) is 9. The molecule has 2 aromatic carbocycles. The first kappa shape index (κ1) is 22.3. The summed E-state index contributed by atoms with van der Waals surface area (Å²) < 4.78 is 7.54. The largest absolute Gasteiger partial charge is 0.493 e. The van der Waals surface area contributed by atoms with Crippen molar-refractivity contribution in [2.75, 3.05) is 33.0 Å². The molecule has 0 unspecified atom stereocenters. The molecule has 0 radical (unpaired) electrons. The van der Waals surface area contributed by atoms with Crippen molar-refractivity contribution in [2.45, 2.75) is 17.3 Å². The van der Waals surface area contributed by atoms with Gasteiger partial charge in [0.15, 0.2) is 5.01 Å². The molecule has 0 saturated heterocycles. The quantitative estimate of drug-likeness (QED) is 0.276. The van der Waals surface area contributed by atoms with Crippen molar-refractivity contribution in [3.8, 4) is 21.5 Å². The van der Waals surface area contributed by atoms with Crippen LogP contribution in [0.25, 0.3) is 15.7 Å². The van der Waals surface area contributed by atoms with Crippen molar-refractivity contribution in [3.63, 3.8) is 0 Å². The molecule has 0 amide bonds. The summed E-state index contributed by atoms with van der Waals surface area (Å²) in [5.74, 6) is 1.85. The first-order valence-electron chi connectivity index (χ1n) is 10.2. The molecule has 0 bridgehead atoms. The second-order valence-corrected chi connectivity index (χ2v) is 9.23. The second-order valence-electron chi connectivity index (χ2n) is 7.33. The summed E-state index contributed by atoms with van der Waals surface area (Å²) in [7, 11) is 4.11. The van der Waals surface area contributed by atoms with Crippen LogP contribution in [0.3, 0.4) is 0 Å². The Labute approximate surface area is 195 Å². The molecule has 0 fully saturated rings. The standard InChI is InChI=1S/C22H25N7OS2/c1-28(2)13-8-14-30-18-12-7-6-11-17(18)19-25-26-22(32-19)29-20(23)24-21(27-29)31-15-16-9-4-3-5-10-16/h3-7,9-12H,8,13-15H2,1-2H3,(H2,23,24,27). The van der Waals surface area contributed by atoms with Gasteiger partial charge in [-0.05, 0) is 38.2 Å². The van der Waals surface area contributed by atoms with Gasteiger partial charge in [0.1, 0.15) is 5.75 Å². The van der Waals surface area contributed by atoms with Crippen molar-refractivity contribution in [1.29, 1.82) is 0 Å². The lowest BCUT2D eigenvalue weighted by molar-refractivity contribution is 0.282. The van der Waals surface area contributed by atoms with E-state index in [0.717, 1.165) is 35.0 Å². The Morgan fingerprint density at radius 2 is 1.84 bits per heavy atom. The van der Waals surface area contributed by atoms with Gasteiger partial charge in [-0.3, -0.25) is 0 Å². The van der Waals surface area contributed by atoms with E-state index in [9.17, 15) is 0 Å². The Hall–Kier alpha value is -2.95. The highest BCUT2D eigenvalue weighted by Crippen LogP contribution is 2.33. The average molecular weight is 468 g/mol. The number of hydrogen-bond donors (Lipinski definition) is 1. The zero-order chi connectivity index (χ0) is 22.3. The molecule has 0 aliphatic rings. The van der Waals surface area contributed by atoms with Gasteiger partial charge in [0.2, 0.25) is 16.2 Å². The molecule has 4 rings (SSSR count). The summed E-state index contributed by atoms with van der Waals surface area (Å²) in [5.41, 5.74) is 8.21. The van der Waals surface area contributed by atoms with Crippen molar-refractivity contribution in [2.24, 2.45) is 0 Å². The molecule has 4 aromatic rings. The highest BCUT2D eigenvalue weighted by Gasteiger charge is 2.17. The predicted octanol–water partition coefficient (Wildman–Crippen LogP) is 3.99. The SMILES string of the molecule is CN(C)CCCOc1ccccc1-c1nnc(-n2nc(SCc3ccccc3)nc2N)s1. The molecule has 2 aromatic heterocycles. The van der Waals surface area contributed by atoms with E-state index in [4.69, 9.17) is 10.5 Å². The van der Waals surface area contributed by atoms with Gasteiger partial charge in [-0.15, -0.1) is 15.3 Å². The number of para-hydroxylation sites is 1.